The number of amides is 1. The highest BCUT2D eigenvalue weighted by molar-refractivity contribution is 5.81. The molecule has 1 spiro atoms. The second-order valence-electron chi connectivity index (χ2n) is 7.47. The lowest BCUT2D eigenvalue weighted by molar-refractivity contribution is -0.227. The summed E-state index contributed by atoms with van der Waals surface area (Å²) in [6.45, 7) is 1.98. The zero-order valence-electron chi connectivity index (χ0n) is 14.7. The molecule has 0 N–H and O–H groups in total. The number of carbonyl (C=O) groups excluding carboxylic acids is 1. The van der Waals surface area contributed by atoms with E-state index >= 15 is 0 Å². The van der Waals surface area contributed by atoms with Crippen LogP contribution in [0.5, 0.6) is 5.75 Å². The van der Waals surface area contributed by atoms with Gasteiger partial charge in [0, 0.05) is 55.4 Å². The molecule has 0 radical (unpaired) electrons. The van der Waals surface area contributed by atoms with Gasteiger partial charge >= 0.3 is 0 Å². The van der Waals surface area contributed by atoms with Crippen LogP contribution in [-0.2, 0) is 16.1 Å². The van der Waals surface area contributed by atoms with Gasteiger partial charge in [-0.25, -0.2) is 0 Å². The molecule has 0 atom stereocenters. The first-order chi connectivity index (χ1) is 12.7. The molecule has 1 aromatic heterocycles. The quantitative estimate of drug-likeness (QED) is 0.833. The molecule has 3 heterocycles. The molecule has 3 aliphatic rings. The standard InChI is InChI=1S/C21H22N2O3/c24-20(15-3-4-15)23-10-7-21(8-11-23)25-14-18-12-16(5-6-19(18)26-21)17-2-1-9-22-13-17/h1-2,5-6,9,12-13,15H,3-4,7-8,10-11,14H2. The van der Waals surface area contributed by atoms with E-state index in [1.54, 1.807) is 6.20 Å². The van der Waals surface area contributed by atoms with Crippen LogP contribution >= 0.6 is 0 Å². The number of pyridine rings is 1. The predicted octanol–water partition coefficient (Wildman–Crippen LogP) is 3.39. The van der Waals surface area contributed by atoms with E-state index in [1.165, 1.54) is 0 Å². The fourth-order valence-corrected chi connectivity index (χ4v) is 3.85. The van der Waals surface area contributed by atoms with Crippen LogP contribution in [0.15, 0.2) is 42.7 Å². The number of hydrogen-bond acceptors (Lipinski definition) is 4. The van der Waals surface area contributed by atoms with Gasteiger partial charge in [-0.2, -0.15) is 0 Å². The molecule has 1 saturated carbocycles. The number of aromatic nitrogens is 1. The second kappa shape index (κ2) is 6.09. The third-order valence-corrected chi connectivity index (χ3v) is 5.61. The number of hydrogen-bond donors (Lipinski definition) is 0. The zero-order valence-corrected chi connectivity index (χ0v) is 14.7. The van der Waals surface area contributed by atoms with Crippen molar-refractivity contribution in [3.63, 3.8) is 0 Å². The van der Waals surface area contributed by atoms with Gasteiger partial charge in [-0.1, -0.05) is 12.1 Å². The topological polar surface area (TPSA) is 51.7 Å². The molecular formula is C21H22N2O3. The van der Waals surface area contributed by atoms with Gasteiger partial charge in [-0.15, -0.1) is 0 Å². The highest BCUT2D eigenvalue weighted by atomic mass is 16.7. The number of ether oxygens (including phenoxy) is 2. The number of benzene rings is 1. The van der Waals surface area contributed by atoms with E-state index in [1.807, 2.05) is 29.3 Å². The molecule has 1 aliphatic carbocycles. The van der Waals surface area contributed by atoms with Crippen molar-refractivity contribution < 1.29 is 14.3 Å². The van der Waals surface area contributed by atoms with Gasteiger partial charge < -0.3 is 14.4 Å². The van der Waals surface area contributed by atoms with E-state index in [2.05, 4.69) is 17.1 Å². The average Bonchev–Trinajstić information content (AvgIpc) is 3.54. The lowest BCUT2D eigenvalue weighted by Crippen LogP contribution is -2.52. The molecule has 5 heteroatoms. The van der Waals surface area contributed by atoms with Gasteiger partial charge in [-0.3, -0.25) is 9.78 Å². The number of fused-ring (bicyclic) bond motifs is 1. The van der Waals surface area contributed by atoms with Gasteiger partial charge in [0.05, 0.1) is 6.61 Å². The molecule has 1 aromatic carbocycles. The summed E-state index contributed by atoms with van der Waals surface area (Å²) >= 11 is 0. The highest BCUT2D eigenvalue weighted by Gasteiger charge is 2.43. The second-order valence-corrected chi connectivity index (χ2v) is 7.47. The van der Waals surface area contributed by atoms with E-state index in [9.17, 15) is 4.79 Å². The molecular weight excluding hydrogens is 328 g/mol. The zero-order chi connectivity index (χ0) is 17.6. The Balaban J connectivity index is 1.30. The third kappa shape index (κ3) is 2.86. The summed E-state index contributed by atoms with van der Waals surface area (Å²) in [7, 11) is 0. The molecule has 26 heavy (non-hydrogen) atoms. The van der Waals surface area contributed by atoms with Crippen molar-refractivity contribution >= 4 is 5.91 Å². The van der Waals surface area contributed by atoms with Gasteiger partial charge in [-0.05, 0) is 36.6 Å². The van der Waals surface area contributed by atoms with E-state index in [0.717, 1.165) is 61.2 Å². The van der Waals surface area contributed by atoms with Crippen molar-refractivity contribution in [2.24, 2.45) is 5.92 Å². The fraction of sp³-hybridized carbons (Fsp3) is 0.429. The number of likely N-dealkylation sites (tertiary alicyclic amines) is 1. The summed E-state index contributed by atoms with van der Waals surface area (Å²) in [6, 6.07) is 10.2. The van der Waals surface area contributed by atoms with Crippen LogP contribution in [0.25, 0.3) is 11.1 Å². The molecule has 5 nitrogen and oxygen atoms in total. The molecule has 5 rings (SSSR count). The molecule has 2 aliphatic heterocycles. The predicted molar refractivity (Wildman–Crippen MR) is 96.4 cm³/mol. The van der Waals surface area contributed by atoms with Crippen LogP contribution in [-0.4, -0.2) is 34.7 Å². The van der Waals surface area contributed by atoms with Crippen LogP contribution in [0.1, 0.15) is 31.2 Å². The van der Waals surface area contributed by atoms with Crippen molar-refractivity contribution in [1.29, 1.82) is 0 Å². The monoisotopic (exact) mass is 350 g/mol. The van der Waals surface area contributed by atoms with Crippen molar-refractivity contribution in [3.8, 4) is 16.9 Å². The maximum Gasteiger partial charge on any atom is 0.225 e. The minimum absolute atomic E-state index is 0.281. The Morgan fingerprint density at radius 1 is 1.15 bits per heavy atom. The van der Waals surface area contributed by atoms with Crippen LogP contribution in [0, 0.1) is 5.92 Å². The Kier molecular flexibility index (Phi) is 3.71. The van der Waals surface area contributed by atoms with Crippen LogP contribution < -0.4 is 4.74 Å². The number of rotatable bonds is 2. The summed E-state index contributed by atoms with van der Waals surface area (Å²) in [5.74, 6) is 0.912. The smallest absolute Gasteiger partial charge is 0.225 e. The average molecular weight is 350 g/mol. The van der Waals surface area contributed by atoms with Gasteiger partial charge in [0.25, 0.3) is 0 Å². The van der Waals surface area contributed by atoms with Crippen molar-refractivity contribution in [1.82, 2.24) is 9.88 Å². The molecule has 2 aromatic rings. The number of piperidine rings is 1. The lowest BCUT2D eigenvalue weighted by atomic mass is 9.99. The summed E-state index contributed by atoms with van der Waals surface area (Å²) in [5, 5.41) is 0. The molecule has 0 bridgehead atoms. The first-order valence-electron chi connectivity index (χ1n) is 9.38. The summed E-state index contributed by atoms with van der Waals surface area (Å²) in [6.07, 6.45) is 7.21. The highest BCUT2D eigenvalue weighted by Crippen LogP contribution is 2.40. The molecule has 1 amide bonds. The van der Waals surface area contributed by atoms with Crippen LogP contribution in [0.4, 0.5) is 0 Å². The summed E-state index contributed by atoms with van der Waals surface area (Å²) in [5.41, 5.74) is 3.26. The maximum absolute atomic E-state index is 12.2. The minimum Gasteiger partial charge on any atom is -0.462 e. The van der Waals surface area contributed by atoms with Crippen molar-refractivity contribution in [2.75, 3.05) is 13.1 Å². The summed E-state index contributed by atoms with van der Waals surface area (Å²) < 4.78 is 12.4. The maximum atomic E-state index is 12.2. The van der Waals surface area contributed by atoms with Gasteiger partial charge in [0.2, 0.25) is 11.7 Å². The number of carbonyl (C=O) groups is 1. The minimum atomic E-state index is -0.580. The fourth-order valence-electron chi connectivity index (χ4n) is 3.85. The largest absolute Gasteiger partial charge is 0.462 e. The van der Waals surface area contributed by atoms with E-state index < -0.39 is 5.79 Å². The Bertz CT molecular complexity index is 824. The first-order valence-corrected chi connectivity index (χ1v) is 9.38. The molecule has 134 valence electrons. The molecule has 2 fully saturated rings. The first kappa shape index (κ1) is 15.8. The van der Waals surface area contributed by atoms with Crippen molar-refractivity contribution in [2.45, 2.75) is 38.1 Å². The number of nitrogens with zero attached hydrogens (tertiary/aromatic N) is 2. The Morgan fingerprint density at radius 2 is 2.00 bits per heavy atom. The molecule has 1 saturated heterocycles. The van der Waals surface area contributed by atoms with Gasteiger partial charge in [0.15, 0.2) is 0 Å². The normalized spacial score (nSPS) is 21.2. The Hall–Kier alpha value is -2.40. The van der Waals surface area contributed by atoms with E-state index in [0.29, 0.717) is 12.5 Å². The Labute approximate surface area is 152 Å². The summed E-state index contributed by atoms with van der Waals surface area (Å²) in [4.78, 5) is 18.4. The van der Waals surface area contributed by atoms with Crippen LogP contribution in [0.3, 0.4) is 0 Å². The van der Waals surface area contributed by atoms with E-state index in [4.69, 9.17) is 9.47 Å². The van der Waals surface area contributed by atoms with Gasteiger partial charge in [0.1, 0.15) is 5.75 Å². The van der Waals surface area contributed by atoms with Crippen LogP contribution in [0.2, 0.25) is 0 Å². The van der Waals surface area contributed by atoms with E-state index in [-0.39, 0.29) is 5.92 Å². The molecule has 0 unspecified atom stereocenters. The Morgan fingerprint density at radius 3 is 2.73 bits per heavy atom. The SMILES string of the molecule is O=C(C1CC1)N1CCC2(CC1)OCc1cc(-c3cccnc3)ccc1O2. The third-order valence-electron chi connectivity index (χ3n) is 5.61. The lowest BCUT2D eigenvalue weighted by Gasteiger charge is -2.44. The van der Waals surface area contributed by atoms with Crippen molar-refractivity contribution in [3.05, 3.63) is 48.3 Å².